The van der Waals surface area contributed by atoms with Gasteiger partial charge in [-0.1, -0.05) is 0 Å². The molecule has 0 aliphatic rings. The van der Waals surface area contributed by atoms with Crippen molar-refractivity contribution in [3.63, 3.8) is 0 Å². The number of hydrogen-bond donors (Lipinski definition) is 2. The minimum absolute atomic E-state index is 0.0177. The van der Waals surface area contributed by atoms with Gasteiger partial charge in [-0.05, 0) is 32.2 Å². The summed E-state index contributed by atoms with van der Waals surface area (Å²) in [6.07, 6.45) is -0.0177. The number of rotatable bonds is 5. The van der Waals surface area contributed by atoms with Crippen LogP contribution in [0.2, 0.25) is 0 Å². The maximum Gasteiger partial charge on any atom is 0.328 e. The number of aryl methyl sites for hydroxylation is 1. The quantitative estimate of drug-likeness (QED) is 0.883. The van der Waals surface area contributed by atoms with Crippen LogP contribution in [0.1, 0.15) is 25.3 Å². The highest BCUT2D eigenvalue weighted by molar-refractivity contribution is 7.08. The van der Waals surface area contributed by atoms with E-state index in [0.717, 1.165) is 5.56 Å². The highest BCUT2D eigenvalue weighted by Crippen LogP contribution is 2.24. The Morgan fingerprint density at radius 2 is 2.19 bits per heavy atom. The molecular weight excluding hydrogens is 292 g/mol. The zero-order chi connectivity index (χ0) is 15.6. The number of carboxylic acids is 1. The molecule has 0 saturated carbocycles. The Morgan fingerprint density at radius 3 is 2.76 bits per heavy atom. The lowest BCUT2D eigenvalue weighted by Gasteiger charge is -2.20. The molecule has 0 aliphatic heterocycles. The summed E-state index contributed by atoms with van der Waals surface area (Å²) in [5.41, 5.74) is 0.0563. The number of aromatic nitrogens is 1. The fraction of sp³-hybridized carbons (Fsp3) is 0.357. The average molecular weight is 308 g/mol. The lowest BCUT2D eigenvalue weighted by molar-refractivity contribution is -0.145. The molecule has 0 aromatic carbocycles. The molecule has 2 rings (SSSR count). The zero-order valence-corrected chi connectivity index (χ0v) is 12.8. The smallest absolute Gasteiger partial charge is 0.328 e. The summed E-state index contributed by atoms with van der Waals surface area (Å²) in [7, 11) is 0. The van der Waals surface area contributed by atoms with E-state index in [4.69, 9.17) is 9.52 Å². The number of thiophene rings is 1. The third-order valence-electron chi connectivity index (χ3n) is 2.98. The Kier molecular flexibility index (Phi) is 4.13. The summed E-state index contributed by atoms with van der Waals surface area (Å²) in [6.45, 7) is 4.59. The maximum absolute atomic E-state index is 11.9. The molecule has 1 amide bonds. The summed E-state index contributed by atoms with van der Waals surface area (Å²) in [5.74, 6) is -0.476. The molecule has 0 bridgehead atoms. The van der Waals surface area contributed by atoms with E-state index < -0.39 is 17.4 Å². The SMILES string of the molecule is Cc1oc(-c2ccsc2)nc1CC(=O)NC(C)(C)C(=O)O. The van der Waals surface area contributed by atoms with Gasteiger partial charge in [-0.25, -0.2) is 9.78 Å². The molecule has 0 unspecified atom stereocenters. The molecule has 112 valence electrons. The van der Waals surface area contributed by atoms with Crippen LogP contribution in [0.4, 0.5) is 0 Å². The van der Waals surface area contributed by atoms with Gasteiger partial charge in [0.25, 0.3) is 0 Å². The third-order valence-corrected chi connectivity index (χ3v) is 3.66. The first-order valence-corrected chi connectivity index (χ1v) is 7.27. The van der Waals surface area contributed by atoms with Crippen molar-refractivity contribution < 1.29 is 19.1 Å². The molecule has 0 atom stereocenters. The normalized spacial score (nSPS) is 11.4. The van der Waals surface area contributed by atoms with E-state index in [9.17, 15) is 9.59 Å². The summed E-state index contributed by atoms with van der Waals surface area (Å²) in [6, 6.07) is 1.88. The van der Waals surface area contributed by atoms with Crippen molar-refractivity contribution in [3.8, 4) is 11.5 Å². The van der Waals surface area contributed by atoms with E-state index in [-0.39, 0.29) is 6.42 Å². The van der Waals surface area contributed by atoms with Crippen molar-refractivity contribution in [1.82, 2.24) is 10.3 Å². The van der Waals surface area contributed by atoms with E-state index in [1.54, 1.807) is 6.92 Å². The van der Waals surface area contributed by atoms with Crippen LogP contribution in [0.3, 0.4) is 0 Å². The van der Waals surface area contributed by atoms with Gasteiger partial charge >= 0.3 is 5.97 Å². The molecule has 0 aliphatic carbocycles. The van der Waals surface area contributed by atoms with Crippen LogP contribution < -0.4 is 5.32 Å². The predicted molar refractivity (Wildman–Crippen MR) is 78.1 cm³/mol. The monoisotopic (exact) mass is 308 g/mol. The van der Waals surface area contributed by atoms with E-state index in [1.165, 1.54) is 25.2 Å². The molecule has 0 fully saturated rings. The Balaban J connectivity index is 2.10. The van der Waals surface area contributed by atoms with Crippen molar-refractivity contribution in [3.05, 3.63) is 28.3 Å². The van der Waals surface area contributed by atoms with Crippen LogP contribution in [0.15, 0.2) is 21.2 Å². The minimum Gasteiger partial charge on any atom is -0.480 e. The largest absolute Gasteiger partial charge is 0.480 e. The van der Waals surface area contributed by atoms with Crippen LogP contribution in [0.25, 0.3) is 11.5 Å². The van der Waals surface area contributed by atoms with Crippen molar-refractivity contribution >= 4 is 23.2 Å². The number of oxazole rings is 1. The average Bonchev–Trinajstić information content (AvgIpc) is 2.98. The number of carboxylic acid groups (broad SMARTS) is 1. The van der Waals surface area contributed by atoms with Crippen LogP contribution in [-0.4, -0.2) is 27.5 Å². The summed E-state index contributed by atoms with van der Waals surface area (Å²) in [5, 5.41) is 15.3. The molecule has 6 nitrogen and oxygen atoms in total. The van der Waals surface area contributed by atoms with E-state index in [2.05, 4.69) is 10.3 Å². The second-order valence-electron chi connectivity index (χ2n) is 5.19. The van der Waals surface area contributed by atoms with Gasteiger partial charge in [-0.2, -0.15) is 11.3 Å². The van der Waals surface area contributed by atoms with Crippen LogP contribution >= 0.6 is 11.3 Å². The van der Waals surface area contributed by atoms with Gasteiger partial charge in [0.2, 0.25) is 11.8 Å². The molecule has 0 saturated heterocycles. The lowest BCUT2D eigenvalue weighted by atomic mass is 10.1. The highest BCUT2D eigenvalue weighted by atomic mass is 32.1. The summed E-state index contributed by atoms with van der Waals surface area (Å²) in [4.78, 5) is 27.2. The number of nitrogens with zero attached hydrogens (tertiary/aromatic N) is 1. The van der Waals surface area contributed by atoms with Gasteiger partial charge in [-0.3, -0.25) is 4.79 Å². The number of aliphatic carboxylic acids is 1. The molecule has 2 N–H and O–H groups in total. The summed E-state index contributed by atoms with van der Waals surface area (Å²) < 4.78 is 5.54. The number of hydrogen-bond acceptors (Lipinski definition) is 5. The summed E-state index contributed by atoms with van der Waals surface area (Å²) >= 11 is 1.53. The number of carbonyl (C=O) groups is 2. The van der Waals surface area contributed by atoms with E-state index in [0.29, 0.717) is 17.3 Å². The van der Waals surface area contributed by atoms with E-state index >= 15 is 0 Å². The maximum atomic E-state index is 11.9. The van der Waals surface area contributed by atoms with Crippen LogP contribution in [0, 0.1) is 6.92 Å². The number of nitrogens with one attached hydrogen (secondary N) is 1. The first-order valence-electron chi connectivity index (χ1n) is 6.33. The standard InChI is InChI=1S/C14H16N2O4S/c1-8-10(6-11(17)16-14(2,3)13(18)19)15-12(20-8)9-4-5-21-7-9/h4-5,7H,6H2,1-3H3,(H,16,17)(H,18,19). The van der Waals surface area contributed by atoms with Gasteiger partial charge in [0.1, 0.15) is 11.3 Å². The molecule has 2 aromatic rings. The van der Waals surface area contributed by atoms with Crippen molar-refractivity contribution in [2.45, 2.75) is 32.7 Å². The van der Waals surface area contributed by atoms with Gasteiger partial charge < -0.3 is 14.8 Å². The van der Waals surface area contributed by atoms with Gasteiger partial charge in [0, 0.05) is 10.9 Å². The topological polar surface area (TPSA) is 92.4 Å². The fourth-order valence-corrected chi connectivity index (χ4v) is 2.33. The van der Waals surface area contributed by atoms with Crippen molar-refractivity contribution in [2.75, 3.05) is 0 Å². The Morgan fingerprint density at radius 1 is 1.48 bits per heavy atom. The Labute approximate surface area is 125 Å². The second-order valence-corrected chi connectivity index (χ2v) is 5.97. The van der Waals surface area contributed by atoms with E-state index in [1.807, 2.05) is 16.8 Å². The van der Waals surface area contributed by atoms with Crippen LogP contribution in [0.5, 0.6) is 0 Å². The zero-order valence-electron chi connectivity index (χ0n) is 12.0. The molecule has 2 aromatic heterocycles. The van der Waals surface area contributed by atoms with Gasteiger partial charge in [0.05, 0.1) is 12.1 Å². The predicted octanol–water partition coefficient (Wildman–Crippen LogP) is 2.23. The minimum atomic E-state index is -1.31. The Bertz CT molecular complexity index is 659. The molecule has 0 spiro atoms. The number of carbonyl (C=O) groups excluding carboxylic acids is 1. The first-order chi connectivity index (χ1) is 9.79. The fourth-order valence-electron chi connectivity index (χ4n) is 1.70. The first kappa shape index (κ1) is 15.2. The van der Waals surface area contributed by atoms with Crippen molar-refractivity contribution in [2.24, 2.45) is 0 Å². The second kappa shape index (κ2) is 5.69. The van der Waals surface area contributed by atoms with Gasteiger partial charge in [-0.15, -0.1) is 0 Å². The molecule has 0 radical (unpaired) electrons. The number of amides is 1. The highest BCUT2D eigenvalue weighted by Gasteiger charge is 2.29. The molecule has 21 heavy (non-hydrogen) atoms. The Hall–Kier alpha value is -2.15. The molecule has 2 heterocycles. The third kappa shape index (κ3) is 3.49. The van der Waals surface area contributed by atoms with Crippen LogP contribution in [-0.2, 0) is 16.0 Å². The molecular formula is C14H16N2O4S. The van der Waals surface area contributed by atoms with Crippen molar-refractivity contribution in [1.29, 1.82) is 0 Å². The molecule has 7 heteroatoms. The van der Waals surface area contributed by atoms with Gasteiger partial charge in [0.15, 0.2) is 0 Å². The lowest BCUT2D eigenvalue weighted by Crippen LogP contribution is -2.50.